The number of aromatic nitrogens is 1. The summed E-state index contributed by atoms with van der Waals surface area (Å²) in [5, 5.41) is 3.15. The lowest BCUT2D eigenvalue weighted by Crippen LogP contribution is -2.23. The summed E-state index contributed by atoms with van der Waals surface area (Å²) >= 11 is 1.68. The Bertz CT molecular complexity index is 484. The number of nitrogens with zero attached hydrogens (tertiary/aromatic N) is 2. The summed E-state index contributed by atoms with van der Waals surface area (Å²) < 4.78 is 13.1. The lowest BCUT2D eigenvalue weighted by atomic mass is 10.1. The molecule has 18 heavy (non-hydrogen) atoms. The van der Waals surface area contributed by atoms with Gasteiger partial charge in [-0.1, -0.05) is 19.1 Å². The molecule has 1 atom stereocenters. The topological polar surface area (TPSA) is 16.1 Å². The molecule has 96 valence electrons. The van der Waals surface area contributed by atoms with E-state index in [0.29, 0.717) is 5.92 Å². The van der Waals surface area contributed by atoms with Crippen molar-refractivity contribution in [2.45, 2.75) is 19.4 Å². The first-order chi connectivity index (χ1) is 8.65. The van der Waals surface area contributed by atoms with Crippen molar-refractivity contribution in [3.05, 3.63) is 52.2 Å². The predicted octanol–water partition coefficient (Wildman–Crippen LogP) is 3.52. The zero-order chi connectivity index (χ0) is 13.0. The molecule has 1 heterocycles. The Hall–Kier alpha value is -1.26. The molecule has 0 radical (unpaired) electrons. The lowest BCUT2D eigenvalue weighted by Gasteiger charge is -2.20. The van der Waals surface area contributed by atoms with Gasteiger partial charge in [0.15, 0.2) is 0 Å². The fraction of sp³-hybridized carbons (Fsp3) is 0.357. The van der Waals surface area contributed by atoms with Crippen molar-refractivity contribution in [1.29, 1.82) is 0 Å². The predicted molar refractivity (Wildman–Crippen MR) is 73.3 cm³/mol. The van der Waals surface area contributed by atoms with Gasteiger partial charge in [-0.05, 0) is 24.7 Å². The third kappa shape index (κ3) is 3.62. The van der Waals surface area contributed by atoms with Crippen molar-refractivity contribution in [2.24, 2.45) is 0 Å². The summed E-state index contributed by atoms with van der Waals surface area (Å²) in [6.45, 7) is 3.85. The molecule has 0 aliphatic rings. The Balaban J connectivity index is 1.91. The zero-order valence-electron chi connectivity index (χ0n) is 10.6. The molecule has 0 amide bonds. The molecular formula is C14H17FN2S. The van der Waals surface area contributed by atoms with Gasteiger partial charge in [-0.3, -0.25) is 0 Å². The van der Waals surface area contributed by atoms with Crippen LogP contribution in [0.2, 0.25) is 0 Å². The van der Waals surface area contributed by atoms with Gasteiger partial charge in [-0.15, -0.1) is 11.3 Å². The fourth-order valence-electron chi connectivity index (χ4n) is 2.04. The van der Waals surface area contributed by atoms with Crippen molar-refractivity contribution >= 4 is 11.3 Å². The van der Waals surface area contributed by atoms with Gasteiger partial charge in [0.25, 0.3) is 0 Å². The summed E-state index contributed by atoms with van der Waals surface area (Å²) in [5.74, 6) is 0.234. The van der Waals surface area contributed by atoms with Gasteiger partial charge in [0.2, 0.25) is 0 Å². The Morgan fingerprint density at radius 2 is 2.28 bits per heavy atom. The van der Waals surface area contributed by atoms with E-state index in [9.17, 15) is 4.39 Å². The molecule has 0 saturated carbocycles. The smallest absolute Gasteiger partial charge is 0.123 e. The number of hydrogen-bond donors (Lipinski definition) is 0. The molecule has 1 unspecified atom stereocenters. The molecule has 0 N–H and O–H groups in total. The minimum absolute atomic E-state index is 0.172. The van der Waals surface area contributed by atoms with E-state index in [0.717, 1.165) is 23.7 Å². The van der Waals surface area contributed by atoms with Crippen LogP contribution in [0.1, 0.15) is 23.4 Å². The Kier molecular flexibility index (Phi) is 4.44. The van der Waals surface area contributed by atoms with Crippen LogP contribution in [0.5, 0.6) is 0 Å². The van der Waals surface area contributed by atoms with Crippen molar-refractivity contribution < 1.29 is 4.39 Å². The van der Waals surface area contributed by atoms with Gasteiger partial charge >= 0.3 is 0 Å². The van der Waals surface area contributed by atoms with Crippen LogP contribution < -0.4 is 0 Å². The maximum atomic E-state index is 13.1. The zero-order valence-corrected chi connectivity index (χ0v) is 11.5. The van der Waals surface area contributed by atoms with E-state index in [1.165, 1.54) is 6.07 Å². The van der Waals surface area contributed by atoms with Crippen LogP contribution in [0, 0.1) is 5.82 Å². The third-order valence-electron chi connectivity index (χ3n) is 2.80. The van der Waals surface area contributed by atoms with Gasteiger partial charge in [0.05, 0.1) is 5.01 Å². The summed E-state index contributed by atoms with van der Waals surface area (Å²) in [7, 11) is 2.05. The molecule has 0 fully saturated rings. The minimum atomic E-state index is -0.172. The van der Waals surface area contributed by atoms with Crippen molar-refractivity contribution in [2.75, 3.05) is 13.6 Å². The van der Waals surface area contributed by atoms with E-state index >= 15 is 0 Å². The highest BCUT2D eigenvalue weighted by atomic mass is 32.1. The van der Waals surface area contributed by atoms with Gasteiger partial charge < -0.3 is 4.90 Å². The average Bonchev–Trinajstić information content (AvgIpc) is 2.81. The summed E-state index contributed by atoms with van der Waals surface area (Å²) in [4.78, 5) is 6.52. The molecule has 1 aromatic carbocycles. The molecule has 1 aromatic heterocycles. The van der Waals surface area contributed by atoms with Crippen LogP contribution in [0.15, 0.2) is 35.8 Å². The highest BCUT2D eigenvalue weighted by molar-refractivity contribution is 7.09. The van der Waals surface area contributed by atoms with Crippen LogP contribution in [0.3, 0.4) is 0 Å². The first-order valence-corrected chi connectivity index (χ1v) is 6.85. The molecule has 2 aromatic rings. The van der Waals surface area contributed by atoms with Gasteiger partial charge in [0, 0.05) is 30.6 Å². The van der Waals surface area contributed by atoms with E-state index in [1.54, 1.807) is 23.5 Å². The quantitative estimate of drug-likeness (QED) is 0.821. The summed E-state index contributed by atoms with van der Waals surface area (Å²) in [5.41, 5.74) is 1.00. The fourth-order valence-corrected chi connectivity index (χ4v) is 2.72. The molecule has 2 rings (SSSR count). The number of rotatable bonds is 5. The summed E-state index contributed by atoms with van der Waals surface area (Å²) in [6, 6.07) is 6.77. The number of benzene rings is 1. The molecule has 0 spiro atoms. The number of halogens is 1. The SMILES string of the molecule is CC(CN(C)Cc1cccc(F)c1)c1nccs1. The molecule has 0 bridgehead atoms. The number of hydrogen-bond acceptors (Lipinski definition) is 3. The van der Waals surface area contributed by atoms with E-state index in [4.69, 9.17) is 0 Å². The second kappa shape index (κ2) is 6.07. The highest BCUT2D eigenvalue weighted by Crippen LogP contribution is 2.19. The van der Waals surface area contributed by atoms with Crippen LogP contribution in [0.4, 0.5) is 4.39 Å². The lowest BCUT2D eigenvalue weighted by molar-refractivity contribution is 0.309. The normalized spacial score (nSPS) is 12.9. The molecule has 4 heteroatoms. The monoisotopic (exact) mass is 264 g/mol. The summed E-state index contributed by atoms with van der Waals surface area (Å²) in [6.07, 6.45) is 1.84. The van der Waals surface area contributed by atoms with Gasteiger partial charge in [0.1, 0.15) is 5.82 Å². The van der Waals surface area contributed by atoms with Crippen molar-refractivity contribution in [1.82, 2.24) is 9.88 Å². The van der Waals surface area contributed by atoms with Crippen molar-refractivity contribution in [3.8, 4) is 0 Å². The molecule has 0 aliphatic carbocycles. The molecule has 0 saturated heterocycles. The first-order valence-electron chi connectivity index (χ1n) is 5.97. The van der Waals surface area contributed by atoms with Crippen molar-refractivity contribution in [3.63, 3.8) is 0 Å². The first kappa shape index (κ1) is 13.2. The van der Waals surface area contributed by atoms with E-state index in [2.05, 4.69) is 23.9 Å². The highest BCUT2D eigenvalue weighted by Gasteiger charge is 2.11. The van der Waals surface area contributed by atoms with Crippen LogP contribution in [-0.2, 0) is 6.54 Å². The number of likely N-dealkylation sites (N-methyl/N-ethyl adjacent to an activating group) is 1. The molecule has 0 aliphatic heterocycles. The largest absolute Gasteiger partial charge is 0.301 e. The average molecular weight is 264 g/mol. The van der Waals surface area contributed by atoms with Crippen LogP contribution >= 0.6 is 11.3 Å². The van der Waals surface area contributed by atoms with Gasteiger partial charge in [-0.2, -0.15) is 0 Å². The molecular weight excluding hydrogens is 247 g/mol. The standard InChI is InChI=1S/C14H17FN2S/c1-11(14-16-6-7-18-14)9-17(2)10-12-4-3-5-13(15)8-12/h3-8,11H,9-10H2,1-2H3. The Morgan fingerprint density at radius 3 is 2.94 bits per heavy atom. The van der Waals surface area contributed by atoms with E-state index in [1.807, 2.05) is 17.6 Å². The maximum absolute atomic E-state index is 13.1. The minimum Gasteiger partial charge on any atom is -0.301 e. The van der Waals surface area contributed by atoms with E-state index in [-0.39, 0.29) is 5.82 Å². The van der Waals surface area contributed by atoms with Crippen LogP contribution in [0.25, 0.3) is 0 Å². The van der Waals surface area contributed by atoms with E-state index < -0.39 is 0 Å². The molecule has 2 nitrogen and oxygen atoms in total. The maximum Gasteiger partial charge on any atom is 0.123 e. The van der Waals surface area contributed by atoms with Crippen LogP contribution in [-0.4, -0.2) is 23.5 Å². The second-order valence-corrected chi connectivity index (χ2v) is 5.52. The van der Waals surface area contributed by atoms with Gasteiger partial charge in [-0.25, -0.2) is 9.37 Å². The Labute approximate surface area is 111 Å². The second-order valence-electron chi connectivity index (χ2n) is 4.60. The Morgan fingerprint density at radius 1 is 1.44 bits per heavy atom. The third-order valence-corrected chi connectivity index (χ3v) is 3.81. The number of thiazole rings is 1.